The van der Waals surface area contributed by atoms with Gasteiger partial charge in [-0.1, -0.05) is 0 Å². The highest BCUT2D eigenvalue weighted by Crippen LogP contribution is 2.11. The van der Waals surface area contributed by atoms with Gasteiger partial charge in [0.1, 0.15) is 5.76 Å². The minimum Gasteiger partial charge on any atom is -0.445 e. The lowest BCUT2D eigenvalue weighted by Crippen LogP contribution is -2.26. The second-order valence-corrected chi connectivity index (χ2v) is 3.65. The van der Waals surface area contributed by atoms with Crippen LogP contribution in [-0.4, -0.2) is 29.0 Å². The van der Waals surface area contributed by atoms with Gasteiger partial charge in [-0.25, -0.2) is 4.98 Å². The maximum atomic E-state index is 5.79. The van der Waals surface area contributed by atoms with Crippen LogP contribution in [0, 0.1) is 6.92 Å². The second kappa shape index (κ2) is 3.47. The summed E-state index contributed by atoms with van der Waals surface area (Å²) in [5.74, 6) is 1.67. The Morgan fingerprint density at radius 3 is 3.15 bits per heavy atom. The average Bonchev–Trinajstić information content (AvgIpc) is 2.62. The first kappa shape index (κ1) is 8.72. The van der Waals surface area contributed by atoms with Gasteiger partial charge >= 0.3 is 0 Å². The third-order valence-electron chi connectivity index (χ3n) is 2.34. The number of likely N-dealkylation sites (tertiary alicyclic amines) is 1. The zero-order valence-corrected chi connectivity index (χ0v) is 7.86. The molecule has 0 aliphatic carbocycles. The lowest BCUT2D eigenvalue weighted by atomic mass is 10.3. The number of nitrogens with two attached hydrogens (primary N) is 1. The van der Waals surface area contributed by atoms with Crippen molar-refractivity contribution >= 4 is 0 Å². The molecule has 13 heavy (non-hydrogen) atoms. The van der Waals surface area contributed by atoms with Gasteiger partial charge in [-0.3, -0.25) is 4.90 Å². The van der Waals surface area contributed by atoms with Gasteiger partial charge in [-0.2, -0.15) is 0 Å². The molecule has 4 heteroatoms. The van der Waals surface area contributed by atoms with Crippen LogP contribution < -0.4 is 5.73 Å². The van der Waals surface area contributed by atoms with Crippen LogP contribution >= 0.6 is 0 Å². The molecule has 1 fully saturated rings. The van der Waals surface area contributed by atoms with E-state index in [1.54, 1.807) is 6.20 Å². The molecule has 1 aliphatic heterocycles. The predicted molar refractivity (Wildman–Crippen MR) is 49.1 cm³/mol. The maximum absolute atomic E-state index is 5.79. The summed E-state index contributed by atoms with van der Waals surface area (Å²) in [6.45, 7) is 4.72. The van der Waals surface area contributed by atoms with Crippen LogP contribution in [-0.2, 0) is 6.54 Å². The molecule has 0 aromatic carbocycles. The van der Waals surface area contributed by atoms with Gasteiger partial charge in [0.15, 0.2) is 0 Å². The van der Waals surface area contributed by atoms with E-state index in [1.165, 1.54) is 0 Å². The monoisotopic (exact) mass is 181 g/mol. The van der Waals surface area contributed by atoms with E-state index in [1.807, 2.05) is 6.92 Å². The number of hydrogen-bond acceptors (Lipinski definition) is 4. The molecule has 2 rings (SSSR count). The van der Waals surface area contributed by atoms with Crippen molar-refractivity contribution in [3.8, 4) is 0 Å². The first-order chi connectivity index (χ1) is 6.24. The highest BCUT2D eigenvalue weighted by molar-refractivity contribution is 4.91. The summed E-state index contributed by atoms with van der Waals surface area (Å²) in [7, 11) is 0. The van der Waals surface area contributed by atoms with E-state index in [9.17, 15) is 0 Å². The smallest absolute Gasteiger partial charge is 0.208 e. The molecule has 0 spiro atoms. The number of hydrogen-bond donors (Lipinski definition) is 1. The SMILES string of the molecule is Cc1cnc(CN2CCC(N)C2)o1. The topological polar surface area (TPSA) is 55.3 Å². The molecule has 2 heterocycles. The molecule has 1 aliphatic rings. The first-order valence-electron chi connectivity index (χ1n) is 4.63. The Morgan fingerprint density at radius 2 is 2.62 bits per heavy atom. The lowest BCUT2D eigenvalue weighted by molar-refractivity contribution is 0.285. The Hall–Kier alpha value is -0.870. The molecule has 72 valence electrons. The van der Waals surface area contributed by atoms with Crippen LogP contribution in [0.3, 0.4) is 0 Å². The quantitative estimate of drug-likeness (QED) is 0.722. The Balaban J connectivity index is 1.91. The van der Waals surface area contributed by atoms with Crippen molar-refractivity contribution in [2.75, 3.05) is 13.1 Å². The summed E-state index contributed by atoms with van der Waals surface area (Å²) in [6.07, 6.45) is 2.84. The van der Waals surface area contributed by atoms with Crippen molar-refractivity contribution in [2.24, 2.45) is 5.73 Å². The lowest BCUT2D eigenvalue weighted by Gasteiger charge is -2.11. The Morgan fingerprint density at radius 1 is 1.77 bits per heavy atom. The van der Waals surface area contributed by atoms with Crippen molar-refractivity contribution in [1.82, 2.24) is 9.88 Å². The van der Waals surface area contributed by atoms with Crippen LogP contribution in [0.5, 0.6) is 0 Å². The van der Waals surface area contributed by atoms with E-state index in [0.29, 0.717) is 6.04 Å². The van der Waals surface area contributed by atoms with Crippen molar-refractivity contribution in [3.63, 3.8) is 0 Å². The van der Waals surface area contributed by atoms with Gasteiger partial charge < -0.3 is 10.2 Å². The summed E-state index contributed by atoms with van der Waals surface area (Å²) in [6, 6.07) is 0.330. The largest absolute Gasteiger partial charge is 0.445 e. The number of oxazole rings is 1. The molecule has 0 bridgehead atoms. The Kier molecular flexibility index (Phi) is 2.33. The molecule has 1 aromatic rings. The molecular formula is C9H15N3O. The molecule has 2 N–H and O–H groups in total. The van der Waals surface area contributed by atoms with Gasteiger partial charge in [0.05, 0.1) is 12.7 Å². The van der Waals surface area contributed by atoms with Crippen molar-refractivity contribution in [1.29, 1.82) is 0 Å². The Bertz CT molecular complexity index is 284. The van der Waals surface area contributed by atoms with E-state index in [2.05, 4.69) is 9.88 Å². The second-order valence-electron chi connectivity index (χ2n) is 3.65. The third kappa shape index (κ3) is 2.08. The number of nitrogens with zero attached hydrogens (tertiary/aromatic N) is 2. The highest BCUT2D eigenvalue weighted by Gasteiger charge is 2.20. The number of aryl methyl sites for hydroxylation is 1. The molecule has 4 nitrogen and oxygen atoms in total. The fourth-order valence-corrected chi connectivity index (χ4v) is 1.67. The zero-order valence-electron chi connectivity index (χ0n) is 7.86. The summed E-state index contributed by atoms with van der Waals surface area (Å²) in [5, 5.41) is 0. The molecule has 1 aromatic heterocycles. The Labute approximate surface area is 77.7 Å². The van der Waals surface area contributed by atoms with Crippen LogP contribution in [0.25, 0.3) is 0 Å². The molecule has 0 amide bonds. The minimum absolute atomic E-state index is 0.330. The van der Waals surface area contributed by atoms with Crippen molar-refractivity contribution < 1.29 is 4.42 Å². The van der Waals surface area contributed by atoms with Gasteiger partial charge in [0, 0.05) is 19.1 Å². The zero-order chi connectivity index (χ0) is 9.26. The normalized spacial score (nSPS) is 24.0. The fraction of sp³-hybridized carbons (Fsp3) is 0.667. The molecule has 0 radical (unpaired) electrons. The van der Waals surface area contributed by atoms with Crippen molar-refractivity contribution in [2.45, 2.75) is 25.9 Å². The van der Waals surface area contributed by atoms with Crippen molar-refractivity contribution in [3.05, 3.63) is 17.8 Å². The summed E-state index contributed by atoms with van der Waals surface area (Å²) in [4.78, 5) is 6.43. The van der Waals surface area contributed by atoms with Gasteiger partial charge in [0.25, 0.3) is 0 Å². The van der Waals surface area contributed by atoms with E-state index >= 15 is 0 Å². The predicted octanol–water partition coefficient (Wildman–Crippen LogP) is 0.516. The number of aromatic nitrogens is 1. The first-order valence-corrected chi connectivity index (χ1v) is 4.63. The van der Waals surface area contributed by atoms with Crippen LogP contribution in [0.2, 0.25) is 0 Å². The molecule has 0 saturated carbocycles. The molecule has 1 unspecified atom stereocenters. The van der Waals surface area contributed by atoms with Crippen LogP contribution in [0.1, 0.15) is 18.1 Å². The average molecular weight is 181 g/mol. The van der Waals surface area contributed by atoms with E-state index < -0.39 is 0 Å². The third-order valence-corrected chi connectivity index (χ3v) is 2.34. The van der Waals surface area contributed by atoms with Crippen LogP contribution in [0.4, 0.5) is 0 Å². The summed E-state index contributed by atoms with van der Waals surface area (Å²) < 4.78 is 5.39. The highest BCUT2D eigenvalue weighted by atomic mass is 16.4. The molecule has 1 saturated heterocycles. The molecule has 1 atom stereocenters. The maximum Gasteiger partial charge on any atom is 0.208 e. The number of rotatable bonds is 2. The van der Waals surface area contributed by atoms with E-state index in [0.717, 1.165) is 37.7 Å². The van der Waals surface area contributed by atoms with E-state index in [-0.39, 0.29) is 0 Å². The van der Waals surface area contributed by atoms with Gasteiger partial charge in [-0.15, -0.1) is 0 Å². The van der Waals surface area contributed by atoms with E-state index in [4.69, 9.17) is 10.2 Å². The standard InChI is InChI=1S/C9H15N3O/c1-7-4-11-9(13-7)6-12-3-2-8(10)5-12/h4,8H,2-3,5-6,10H2,1H3. The van der Waals surface area contributed by atoms with Gasteiger partial charge in [-0.05, 0) is 13.3 Å². The summed E-state index contributed by atoms with van der Waals surface area (Å²) in [5.41, 5.74) is 5.79. The van der Waals surface area contributed by atoms with Crippen LogP contribution in [0.15, 0.2) is 10.6 Å². The fourth-order valence-electron chi connectivity index (χ4n) is 1.67. The molecular weight excluding hydrogens is 166 g/mol. The minimum atomic E-state index is 0.330. The van der Waals surface area contributed by atoms with Gasteiger partial charge in [0.2, 0.25) is 5.89 Å². The summed E-state index contributed by atoms with van der Waals surface area (Å²) >= 11 is 0.